The molecule has 0 fully saturated rings. The van der Waals surface area contributed by atoms with Crippen LogP contribution in [0.5, 0.6) is 5.75 Å². The van der Waals surface area contributed by atoms with Gasteiger partial charge in [0.1, 0.15) is 17.9 Å². The highest BCUT2D eigenvalue weighted by Crippen LogP contribution is 2.19. The van der Waals surface area contributed by atoms with Crippen LogP contribution < -0.4 is 15.4 Å². The average molecular weight is 348 g/mol. The predicted molar refractivity (Wildman–Crippen MR) is 102 cm³/mol. The Morgan fingerprint density at radius 3 is 2.62 bits per heavy atom. The molecule has 26 heavy (non-hydrogen) atoms. The van der Waals surface area contributed by atoms with Gasteiger partial charge in [-0.1, -0.05) is 18.2 Å². The molecule has 132 valence electrons. The molecule has 1 aromatic heterocycles. The minimum absolute atomic E-state index is 0.0494. The molecule has 0 saturated carbocycles. The second-order valence-electron chi connectivity index (χ2n) is 5.90. The van der Waals surface area contributed by atoms with Gasteiger partial charge in [0, 0.05) is 23.1 Å². The van der Waals surface area contributed by atoms with Crippen molar-refractivity contribution in [2.24, 2.45) is 0 Å². The van der Waals surface area contributed by atoms with E-state index in [9.17, 15) is 4.79 Å². The van der Waals surface area contributed by atoms with Crippen molar-refractivity contribution >= 4 is 23.1 Å². The van der Waals surface area contributed by atoms with Crippen LogP contribution in [-0.2, 0) is 4.79 Å². The number of rotatable bonds is 6. The SMILES string of the molecule is Cc1cccc(OCC(=O)Nc2cccc(Nc3cc(C)ncn3)c2)c1. The van der Waals surface area contributed by atoms with Gasteiger partial charge in [0.15, 0.2) is 6.61 Å². The summed E-state index contributed by atoms with van der Waals surface area (Å²) in [5.74, 6) is 1.15. The van der Waals surface area contributed by atoms with Crippen molar-refractivity contribution in [1.82, 2.24) is 9.97 Å². The molecule has 0 aliphatic rings. The lowest BCUT2D eigenvalue weighted by Crippen LogP contribution is -2.20. The topological polar surface area (TPSA) is 76.1 Å². The number of anilines is 3. The van der Waals surface area contributed by atoms with E-state index in [0.717, 1.165) is 16.9 Å². The molecule has 0 spiro atoms. The van der Waals surface area contributed by atoms with E-state index in [1.54, 1.807) is 0 Å². The molecule has 6 heteroatoms. The number of amides is 1. The minimum atomic E-state index is -0.221. The van der Waals surface area contributed by atoms with Gasteiger partial charge in [-0.2, -0.15) is 0 Å². The van der Waals surface area contributed by atoms with Crippen molar-refractivity contribution in [2.45, 2.75) is 13.8 Å². The molecule has 0 aliphatic carbocycles. The summed E-state index contributed by atoms with van der Waals surface area (Å²) in [6.07, 6.45) is 1.51. The van der Waals surface area contributed by atoms with E-state index < -0.39 is 0 Å². The second kappa shape index (κ2) is 8.11. The third kappa shape index (κ3) is 5.04. The lowest BCUT2D eigenvalue weighted by Gasteiger charge is -2.10. The molecule has 0 atom stereocenters. The normalized spacial score (nSPS) is 10.2. The fraction of sp³-hybridized carbons (Fsp3) is 0.150. The van der Waals surface area contributed by atoms with Gasteiger partial charge in [-0.25, -0.2) is 9.97 Å². The highest BCUT2D eigenvalue weighted by Gasteiger charge is 2.05. The maximum atomic E-state index is 12.1. The molecule has 2 aromatic carbocycles. The number of hydrogen-bond acceptors (Lipinski definition) is 5. The first kappa shape index (κ1) is 17.4. The number of carbonyl (C=O) groups excluding carboxylic acids is 1. The van der Waals surface area contributed by atoms with Gasteiger partial charge in [0.25, 0.3) is 5.91 Å². The van der Waals surface area contributed by atoms with E-state index in [4.69, 9.17) is 4.74 Å². The Labute approximate surface area is 152 Å². The van der Waals surface area contributed by atoms with Gasteiger partial charge >= 0.3 is 0 Å². The zero-order valence-electron chi connectivity index (χ0n) is 14.7. The van der Waals surface area contributed by atoms with Gasteiger partial charge in [-0.15, -0.1) is 0 Å². The monoisotopic (exact) mass is 348 g/mol. The molecule has 6 nitrogen and oxygen atoms in total. The van der Waals surface area contributed by atoms with Crippen molar-refractivity contribution in [2.75, 3.05) is 17.2 Å². The number of nitrogens with zero attached hydrogens (tertiary/aromatic N) is 2. The standard InChI is InChI=1S/C20H20N4O2/c1-14-5-3-8-18(9-14)26-12-20(25)24-17-7-4-6-16(11-17)23-19-10-15(2)21-13-22-19/h3-11,13H,12H2,1-2H3,(H,24,25)(H,21,22,23). The molecular formula is C20H20N4O2. The molecule has 1 amide bonds. The quantitative estimate of drug-likeness (QED) is 0.707. The van der Waals surface area contributed by atoms with Crippen LogP contribution in [0.25, 0.3) is 0 Å². The predicted octanol–water partition coefficient (Wildman–Crippen LogP) is 3.85. The van der Waals surface area contributed by atoms with Crippen molar-refractivity contribution in [1.29, 1.82) is 0 Å². The molecule has 0 radical (unpaired) electrons. The number of nitrogens with one attached hydrogen (secondary N) is 2. The van der Waals surface area contributed by atoms with E-state index in [1.165, 1.54) is 6.33 Å². The molecule has 3 aromatic rings. The van der Waals surface area contributed by atoms with E-state index in [0.29, 0.717) is 17.3 Å². The molecule has 0 aliphatic heterocycles. The van der Waals surface area contributed by atoms with Crippen LogP contribution >= 0.6 is 0 Å². The number of carbonyl (C=O) groups is 1. The zero-order valence-corrected chi connectivity index (χ0v) is 14.7. The van der Waals surface area contributed by atoms with Gasteiger partial charge in [0.05, 0.1) is 0 Å². The zero-order chi connectivity index (χ0) is 18.4. The highest BCUT2D eigenvalue weighted by atomic mass is 16.5. The molecule has 0 bridgehead atoms. The van der Waals surface area contributed by atoms with Gasteiger partial charge < -0.3 is 15.4 Å². The summed E-state index contributed by atoms with van der Waals surface area (Å²) in [4.78, 5) is 20.3. The van der Waals surface area contributed by atoms with Crippen molar-refractivity contribution < 1.29 is 9.53 Å². The van der Waals surface area contributed by atoms with E-state index in [-0.39, 0.29) is 12.5 Å². The summed E-state index contributed by atoms with van der Waals surface area (Å²) in [7, 11) is 0. The largest absolute Gasteiger partial charge is 0.484 e. The first-order valence-electron chi connectivity index (χ1n) is 8.23. The van der Waals surface area contributed by atoms with Crippen molar-refractivity contribution in [3.8, 4) is 5.75 Å². The summed E-state index contributed by atoms with van der Waals surface area (Å²) < 4.78 is 5.52. The third-order valence-corrected chi connectivity index (χ3v) is 3.58. The van der Waals surface area contributed by atoms with Crippen molar-refractivity contribution in [3.63, 3.8) is 0 Å². The molecular weight excluding hydrogens is 328 g/mol. The van der Waals surface area contributed by atoms with Crippen LogP contribution in [0.15, 0.2) is 60.9 Å². The number of aromatic nitrogens is 2. The number of ether oxygens (including phenoxy) is 1. The van der Waals surface area contributed by atoms with Crippen LogP contribution in [0.2, 0.25) is 0 Å². The summed E-state index contributed by atoms with van der Waals surface area (Å²) in [6.45, 7) is 3.83. The summed E-state index contributed by atoms with van der Waals surface area (Å²) in [6, 6.07) is 16.8. The minimum Gasteiger partial charge on any atom is -0.484 e. The lowest BCUT2D eigenvalue weighted by molar-refractivity contribution is -0.118. The summed E-state index contributed by atoms with van der Waals surface area (Å²) in [5.41, 5.74) is 3.46. The Morgan fingerprint density at radius 1 is 1.00 bits per heavy atom. The summed E-state index contributed by atoms with van der Waals surface area (Å²) in [5, 5.41) is 6.02. The molecule has 3 rings (SSSR count). The Hall–Kier alpha value is -3.41. The number of benzene rings is 2. The molecule has 0 unspecified atom stereocenters. The van der Waals surface area contributed by atoms with Crippen LogP contribution in [0.1, 0.15) is 11.3 Å². The Kier molecular flexibility index (Phi) is 5.43. The fourth-order valence-corrected chi connectivity index (χ4v) is 2.40. The van der Waals surface area contributed by atoms with Gasteiger partial charge in [-0.3, -0.25) is 4.79 Å². The van der Waals surface area contributed by atoms with Crippen LogP contribution in [0.3, 0.4) is 0 Å². The maximum Gasteiger partial charge on any atom is 0.262 e. The van der Waals surface area contributed by atoms with E-state index in [2.05, 4.69) is 20.6 Å². The first-order valence-corrected chi connectivity index (χ1v) is 8.23. The molecule has 2 N–H and O–H groups in total. The number of aryl methyl sites for hydroxylation is 2. The first-order chi connectivity index (χ1) is 12.6. The average Bonchev–Trinajstić information content (AvgIpc) is 2.60. The van der Waals surface area contributed by atoms with Crippen molar-refractivity contribution in [3.05, 3.63) is 72.2 Å². The van der Waals surface area contributed by atoms with Gasteiger partial charge in [-0.05, 0) is 49.7 Å². The maximum absolute atomic E-state index is 12.1. The fourth-order valence-electron chi connectivity index (χ4n) is 2.40. The van der Waals surface area contributed by atoms with E-state index in [1.807, 2.05) is 68.4 Å². The summed E-state index contributed by atoms with van der Waals surface area (Å²) >= 11 is 0. The Bertz CT molecular complexity index is 912. The highest BCUT2D eigenvalue weighted by molar-refractivity contribution is 5.92. The van der Waals surface area contributed by atoms with Gasteiger partial charge in [0.2, 0.25) is 0 Å². The lowest BCUT2D eigenvalue weighted by atomic mass is 10.2. The van der Waals surface area contributed by atoms with Crippen LogP contribution in [-0.4, -0.2) is 22.5 Å². The Morgan fingerprint density at radius 2 is 1.81 bits per heavy atom. The molecule has 1 heterocycles. The smallest absolute Gasteiger partial charge is 0.262 e. The third-order valence-electron chi connectivity index (χ3n) is 3.58. The number of hydrogen-bond donors (Lipinski definition) is 2. The van der Waals surface area contributed by atoms with Crippen LogP contribution in [0.4, 0.5) is 17.2 Å². The Balaban J connectivity index is 1.58. The van der Waals surface area contributed by atoms with E-state index >= 15 is 0 Å². The second-order valence-corrected chi connectivity index (χ2v) is 5.90. The molecule has 0 saturated heterocycles. The van der Waals surface area contributed by atoms with Crippen LogP contribution in [0, 0.1) is 13.8 Å².